The molecule has 0 saturated heterocycles. The molecule has 0 bridgehead atoms. The Balaban J connectivity index is 1.53. The highest BCUT2D eigenvalue weighted by Gasteiger charge is 2.14. The van der Waals surface area contributed by atoms with Gasteiger partial charge in [-0.3, -0.25) is 10.1 Å². The maximum absolute atomic E-state index is 12.3. The molecule has 1 unspecified atom stereocenters. The fourth-order valence-electron chi connectivity index (χ4n) is 2.80. The van der Waals surface area contributed by atoms with Gasteiger partial charge in [-0.15, -0.1) is 11.8 Å². The summed E-state index contributed by atoms with van der Waals surface area (Å²) in [4.78, 5) is 14.6. The van der Waals surface area contributed by atoms with E-state index in [-0.39, 0.29) is 5.91 Å². The molecule has 2 aromatic carbocycles. The summed E-state index contributed by atoms with van der Waals surface area (Å²) >= 11 is 1.72. The number of rotatable bonds is 7. The number of benzene rings is 2. The highest BCUT2D eigenvalue weighted by atomic mass is 32.2. The molecular formula is C21H24N3O2S+. The molecule has 0 spiro atoms. The largest absolute Gasteiger partial charge is 0.338 e. The molecule has 0 aliphatic heterocycles. The van der Waals surface area contributed by atoms with E-state index in [2.05, 4.69) is 41.0 Å². The summed E-state index contributed by atoms with van der Waals surface area (Å²) in [5, 5.41) is 6.82. The van der Waals surface area contributed by atoms with Crippen LogP contribution in [-0.2, 0) is 11.3 Å². The van der Waals surface area contributed by atoms with Gasteiger partial charge in [0.25, 0.3) is 5.91 Å². The van der Waals surface area contributed by atoms with E-state index >= 15 is 0 Å². The molecule has 6 heteroatoms. The number of carbonyl (C=O) groups excluding carboxylic acids is 1. The lowest BCUT2D eigenvalue weighted by Crippen LogP contribution is -3.08. The summed E-state index contributed by atoms with van der Waals surface area (Å²) in [6, 6.07) is 18.2. The first kappa shape index (κ1) is 19.2. The maximum Gasteiger partial charge on any atom is 0.281 e. The summed E-state index contributed by atoms with van der Waals surface area (Å²) in [6.07, 6.45) is 2.06. The first-order valence-electron chi connectivity index (χ1n) is 8.81. The molecule has 0 aliphatic rings. The summed E-state index contributed by atoms with van der Waals surface area (Å²) < 4.78 is 5.25. The lowest BCUT2D eigenvalue weighted by atomic mass is 10.1. The molecule has 1 amide bonds. The first-order valence-corrected chi connectivity index (χ1v) is 10.0. The smallest absolute Gasteiger partial charge is 0.281 e. The van der Waals surface area contributed by atoms with Crippen molar-refractivity contribution in [3.05, 3.63) is 65.7 Å². The minimum absolute atomic E-state index is 0.0974. The average molecular weight is 383 g/mol. The Labute approximate surface area is 163 Å². The summed E-state index contributed by atoms with van der Waals surface area (Å²) in [5.41, 5.74) is 4.06. The standard InChI is InChI=1S/C21H23N3O2S/c1-15-4-8-17(9-5-15)19-12-21(26-23-19)22-20(25)14-24(2)13-16-6-10-18(27-3)11-7-16/h4-12H,13-14H2,1-3H3,(H,22,25)/p+1. The molecule has 1 atom stereocenters. The third-order valence-electron chi connectivity index (χ3n) is 4.25. The number of amides is 1. The lowest BCUT2D eigenvalue weighted by molar-refractivity contribution is -0.885. The van der Waals surface area contributed by atoms with Gasteiger partial charge in [0.15, 0.2) is 6.54 Å². The average Bonchev–Trinajstić information content (AvgIpc) is 3.11. The van der Waals surface area contributed by atoms with Gasteiger partial charge in [0.1, 0.15) is 12.2 Å². The van der Waals surface area contributed by atoms with Crippen LogP contribution in [0.5, 0.6) is 0 Å². The number of anilines is 1. The zero-order valence-corrected chi connectivity index (χ0v) is 16.6. The second-order valence-electron chi connectivity index (χ2n) is 6.65. The maximum atomic E-state index is 12.3. The zero-order chi connectivity index (χ0) is 19.2. The van der Waals surface area contributed by atoms with Crippen LogP contribution in [0.4, 0.5) is 5.88 Å². The van der Waals surface area contributed by atoms with Crippen LogP contribution in [0, 0.1) is 6.92 Å². The molecule has 1 aromatic heterocycles. The molecule has 27 heavy (non-hydrogen) atoms. The Kier molecular flexibility index (Phi) is 6.32. The molecular weight excluding hydrogens is 358 g/mol. The van der Waals surface area contributed by atoms with Crippen molar-refractivity contribution in [1.82, 2.24) is 5.16 Å². The zero-order valence-electron chi connectivity index (χ0n) is 15.8. The normalized spacial score (nSPS) is 12.0. The Morgan fingerprint density at radius 1 is 1.15 bits per heavy atom. The van der Waals surface area contributed by atoms with E-state index in [0.717, 1.165) is 17.0 Å². The number of nitrogens with one attached hydrogen (secondary N) is 2. The molecule has 0 fully saturated rings. The Bertz CT molecular complexity index is 889. The van der Waals surface area contributed by atoms with E-state index in [4.69, 9.17) is 4.52 Å². The predicted octanol–water partition coefficient (Wildman–Crippen LogP) is 3.03. The minimum atomic E-state index is -0.0974. The Hall–Kier alpha value is -2.57. The van der Waals surface area contributed by atoms with Crippen molar-refractivity contribution >= 4 is 23.6 Å². The van der Waals surface area contributed by atoms with E-state index in [9.17, 15) is 4.79 Å². The van der Waals surface area contributed by atoms with Crippen LogP contribution >= 0.6 is 11.8 Å². The van der Waals surface area contributed by atoms with E-state index in [1.54, 1.807) is 17.8 Å². The molecule has 3 rings (SSSR count). The van der Waals surface area contributed by atoms with Crippen LogP contribution < -0.4 is 10.2 Å². The van der Waals surface area contributed by atoms with Crippen molar-refractivity contribution in [2.45, 2.75) is 18.4 Å². The number of thioether (sulfide) groups is 1. The van der Waals surface area contributed by atoms with E-state index < -0.39 is 0 Å². The fourth-order valence-corrected chi connectivity index (χ4v) is 3.21. The number of aryl methyl sites for hydroxylation is 1. The molecule has 3 aromatic rings. The van der Waals surface area contributed by atoms with Crippen molar-refractivity contribution in [2.75, 3.05) is 25.2 Å². The van der Waals surface area contributed by atoms with E-state index in [1.807, 2.05) is 38.2 Å². The van der Waals surface area contributed by atoms with Gasteiger partial charge in [-0.25, -0.2) is 0 Å². The SMILES string of the molecule is CSc1ccc(C[NH+](C)CC(=O)Nc2cc(-c3ccc(C)cc3)no2)cc1. The van der Waals surface area contributed by atoms with Gasteiger partial charge in [-0.05, 0) is 25.3 Å². The van der Waals surface area contributed by atoms with Crippen molar-refractivity contribution in [2.24, 2.45) is 0 Å². The van der Waals surface area contributed by atoms with E-state index in [1.165, 1.54) is 16.0 Å². The van der Waals surface area contributed by atoms with Crippen molar-refractivity contribution < 1.29 is 14.2 Å². The number of hydrogen-bond donors (Lipinski definition) is 2. The van der Waals surface area contributed by atoms with Gasteiger partial charge in [0, 0.05) is 22.1 Å². The molecule has 1 heterocycles. The number of likely N-dealkylation sites (N-methyl/N-ethyl adjacent to an activating group) is 1. The minimum Gasteiger partial charge on any atom is -0.338 e. The fraction of sp³-hybridized carbons (Fsp3) is 0.238. The molecule has 0 aliphatic carbocycles. The third kappa shape index (κ3) is 5.45. The summed E-state index contributed by atoms with van der Waals surface area (Å²) in [7, 11) is 2.00. The predicted molar refractivity (Wildman–Crippen MR) is 109 cm³/mol. The number of carbonyl (C=O) groups is 1. The highest BCUT2D eigenvalue weighted by Crippen LogP contribution is 2.21. The number of quaternary nitrogens is 1. The van der Waals surface area contributed by atoms with Crippen LogP contribution in [0.25, 0.3) is 11.3 Å². The van der Waals surface area contributed by atoms with Gasteiger partial charge >= 0.3 is 0 Å². The van der Waals surface area contributed by atoms with Gasteiger partial charge in [0.2, 0.25) is 5.88 Å². The monoisotopic (exact) mass is 382 g/mol. The van der Waals surface area contributed by atoms with Crippen LogP contribution in [0.2, 0.25) is 0 Å². The Morgan fingerprint density at radius 2 is 1.85 bits per heavy atom. The highest BCUT2D eigenvalue weighted by molar-refractivity contribution is 7.98. The second kappa shape index (κ2) is 8.88. The van der Waals surface area contributed by atoms with Gasteiger partial charge in [0.05, 0.1) is 7.05 Å². The van der Waals surface area contributed by atoms with Gasteiger partial charge in [-0.2, -0.15) is 0 Å². The van der Waals surface area contributed by atoms with Gasteiger partial charge in [-0.1, -0.05) is 47.1 Å². The van der Waals surface area contributed by atoms with Crippen LogP contribution in [0.1, 0.15) is 11.1 Å². The number of hydrogen-bond acceptors (Lipinski definition) is 4. The first-order chi connectivity index (χ1) is 13.0. The lowest BCUT2D eigenvalue weighted by Gasteiger charge is -2.13. The third-order valence-corrected chi connectivity index (χ3v) is 4.99. The quantitative estimate of drug-likeness (QED) is 0.617. The van der Waals surface area contributed by atoms with Gasteiger partial charge < -0.3 is 9.42 Å². The Morgan fingerprint density at radius 3 is 2.52 bits per heavy atom. The van der Waals surface area contributed by atoms with Crippen molar-refractivity contribution in [1.29, 1.82) is 0 Å². The topological polar surface area (TPSA) is 59.6 Å². The number of aromatic nitrogens is 1. The van der Waals surface area contributed by atoms with Crippen LogP contribution in [0.15, 0.2) is 64.0 Å². The summed E-state index contributed by atoms with van der Waals surface area (Å²) in [6.45, 7) is 3.17. The van der Waals surface area contributed by atoms with Crippen LogP contribution in [0.3, 0.4) is 0 Å². The van der Waals surface area contributed by atoms with Crippen molar-refractivity contribution in [3.63, 3.8) is 0 Å². The second-order valence-corrected chi connectivity index (χ2v) is 7.53. The number of nitrogens with zero attached hydrogens (tertiary/aromatic N) is 1. The van der Waals surface area contributed by atoms with E-state index in [0.29, 0.717) is 18.1 Å². The molecule has 5 nitrogen and oxygen atoms in total. The molecule has 0 saturated carbocycles. The molecule has 140 valence electrons. The van der Waals surface area contributed by atoms with Crippen LogP contribution in [-0.4, -0.2) is 30.9 Å². The molecule has 0 radical (unpaired) electrons. The van der Waals surface area contributed by atoms with Crippen molar-refractivity contribution in [3.8, 4) is 11.3 Å². The summed E-state index contributed by atoms with van der Waals surface area (Å²) in [5.74, 6) is 0.271. The molecule has 2 N–H and O–H groups in total.